The molecule has 0 atom stereocenters. The van der Waals surface area contributed by atoms with Crippen LogP contribution in [0.15, 0.2) is 36.7 Å². The molecule has 1 heterocycles. The summed E-state index contributed by atoms with van der Waals surface area (Å²) in [4.78, 5) is 1.43. The molecule has 0 spiro atoms. The zero-order valence-corrected chi connectivity index (χ0v) is 6.18. The normalized spacial score (nSPS) is 10.1. The van der Waals surface area contributed by atoms with Gasteiger partial charge in [0.05, 0.1) is 18.1 Å². The highest BCUT2D eigenvalue weighted by Crippen LogP contribution is 2.04. The van der Waals surface area contributed by atoms with E-state index in [-0.39, 0.29) is 5.82 Å². The highest BCUT2D eigenvalue weighted by molar-refractivity contribution is 5.28. The van der Waals surface area contributed by atoms with Crippen LogP contribution in [0, 0.1) is 5.82 Å². The third kappa shape index (κ3) is 1.18. The molecule has 0 bridgehead atoms. The van der Waals surface area contributed by atoms with Gasteiger partial charge in [0, 0.05) is 0 Å². The summed E-state index contributed by atoms with van der Waals surface area (Å²) in [6.45, 7) is 0. The Kier molecular flexibility index (Phi) is 1.59. The molecule has 1 aromatic carbocycles. The highest BCUT2D eigenvalue weighted by atomic mass is 19.1. The molecule has 0 aliphatic rings. The minimum Gasteiger partial charge on any atom is -0.207 e. The molecule has 4 heteroatoms. The Morgan fingerprint density at radius 3 is 2.17 bits per heavy atom. The first-order valence-electron chi connectivity index (χ1n) is 3.48. The second-order valence-corrected chi connectivity index (χ2v) is 2.29. The van der Waals surface area contributed by atoms with Crippen molar-refractivity contribution in [1.29, 1.82) is 0 Å². The summed E-state index contributed by atoms with van der Waals surface area (Å²) < 4.78 is 12.5. The van der Waals surface area contributed by atoms with Crippen molar-refractivity contribution in [3.8, 4) is 5.69 Å². The van der Waals surface area contributed by atoms with E-state index in [1.54, 1.807) is 24.5 Å². The summed E-state index contributed by atoms with van der Waals surface area (Å²) in [6, 6.07) is 5.99. The zero-order chi connectivity index (χ0) is 8.39. The van der Waals surface area contributed by atoms with Crippen molar-refractivity contribution in [2.24, 2.45) is 0 Å². The Bertz CT molecular complexity index is 352. The maximum atomic E-state index is 12.5. The molecule has 0 aliphatic carbocycles. The molecule has 2 rings (SSSR count). The molecule has 1 aromatic heterocycles. The van der Waals surface area contributed by atoms with E-state index in [1.807, 2.05) is 0 Å². The first-order valence-corrected chi connectivity index (χ1v) is 3.48. The van der Waals surface area contributed by atoms with Gasteiger partial charge >= 0.3 is 0 Å². The minimum atomic E-state index is -0.258. The van der Waals surface area contributed by atoms with Gasteiger partial charge in [0.2, 0.25) is 0 Å². The van der Waals surface area contributed by atoms with E-state index in [4.69, 9.17) is 0 Å². The van der Waals surface area contributed by atoms with Crippen LogP contribution in [0.25, 0.3) is 5.69 Å². The summed E-state index contributed by atoms with van der Waals surface area (Å²) in [5.41, 5.74) is 0.751. The molecule has 0 amide bonds. The standard InChI is InChI=1S/C8H6FN3/c9-7-1-3-8(4-2-7)12-10-5-6-11-12/h1-6H. The summed E-state index contributed by atoms with van der Waals surface area (Å²) in [6.07, 6.45) is 3.15. The molecule has 0 saturated carbocycles. The number of hydrogen-bond donors (Lipinski definition) is 0. The Morgan fingerprint density at radius 1 is 1.00 bits per heavy atom. The van der Waals surface area contributed by atoms with Gasteiger partial charge in [-0.3, -0.25) is 0 Å². The molecule has 0 saturated heterocycles. The summed E-state index contributed by atoms with van der Waals surface area (Å²) in [7, 11) is 0. The number of aromatic nitrogens is 3. The Hall–Kier alpha value is -1.71. The van der Waals surface area contributed by atoms with Crippen LogP contribution < -0.4 is 0 Å². The lowest BCUT2D eigenvalue weighted by Crippen LogP contribution is -1.97. The Morgan fingerprint density at radius 2 is 1.58 bits per heavy atom. The summed E-state index contributed by atoms with van der Waals surface area (Å²) in [5, 5.41) is 7.80. The number of benzene rings is 1. The third-order valence-corrected chi connectivity index (χ3v) is 1.48. The van der Waals surface area contributed by atoms with Crippen LogP contribution in [-0.2, 0) is 0 Å². The quantitative estimate of drug-likeness (QED) is 0.636. The summed E-state index contributed by atoms with van der Waals surface area (Å²) in [5.74, 6) is -0.258. The van der Waals surface area contributed by atoms with E-state index in [0.29, 0.717) is 0 Å². The predicted molar refractivity (Wildman–Crippen MR) is 41.3 cm³/mol. The van der Waals surface area contributed by atoms with E-state index in [0.717, 1.165) is 5.69 Å². The molecule has 0 aliphatic heterocycles. The second-order valence-electron chi connectivity index (χ2n) is 2.29. The van der Waals surface area contributed by atoms with Crippen LogP contribution in [0.2, 0.25) is 0 Å². The fraction of sp³-hybridized carbons (Fsp3) is 0. The first kappa shape index (κ1) is 6.97. The van der Waals surface area contributed by atoms with Gasteiger partial charge in [0.1, 0.15) is 5.82 Å². The van der Waals surface area contributed by atoms with E-state index in [9.17, 15) is 4.39 Å². The van der Waals surface area contributed by atoms with Gasteiger partial charge in [-0.15, -0.1) is 0 Å². The largest absolute Gasteiger partial charge is 0.207 e. The fourth-order valence-electron chi connectivity index (χ4n) is 0.923. The van der Waals surface area contributed by atoms with E-state index in [2.05, 4.69) is 10.2 Å². The second kappa shape index (κ2) is 2.73. The molecule has 60 valence electrons. The molecule has 0 radical (unpaired) electrons. The van der Waals surface area contributed by atoms with E-state index >= 15 is 0 Å². The van der Waals surface area contributed by atoms with Crippen molar-refractivity contribution in [2.75, 3.05) is 0 Å². The summed E-state index contributed by atoms with van der Waals surface area (Å²) >= 11 is 0. The zero-order valence-electron chi connectivity index (χ0n) is 6.18. The Balaban J connectivity index is 2.43. The van der Waals surface area contributed by atoms with Gasteiger partial charge in [-0.05, 0) is 24.3 Å². The SMILES string of the molecule is Fc1ccc(-n2nccn2)cc1. The number of nitrogens with zero attached hydrogens (tertiary/aromatic N) is 3. The maximum absolute atomic E-state index is 12.5. The van der Waals surface area contributed by atoms with Gasteiger partial charge in [-0.2, -0.15) is 15.0 Å². The van der Waals surface area contributed by atoms with Gasteiger partial charge < -0.3 is 0 Å². The lowest BCUT2D eigenvalue weighted by Gasteiger charge is -1.96. The molecular formula is C8H6FN3. The number of hydrogen-bond acceptors (Lipinski definition) is 2. The molecule has 2 aromatic rings. The Labute approximate surface area is 68.4 Å². The highest BCUT2D eigenvalue weighted by Gasteiger charge is 1.95. The van der Waals surface area contributed by atoms with Crippen LogP contribution in [0.1, 0.15) is 0 Å². The fourth-order valence-corrected chi connectivity index (χ4v) is 0.923. The van der Waals surface area contributed by atoms with Gasteiger partial charge in [-0.25, -0.2) is 4.39 Å². The molecule has 3 nitrogen and oxygen atoms in total. The molecular weight excluding hydrogens is 157 g/mol. The van der Waals surface area contributed by atoms with Gasteiger partial charge in [-0.1, -0.05) is 0 Å². The molecule has 0 unspecified atom stereocenters. The van der Waals surface area contributed by atoms with Crippen molar-refractivity contribution < 1.29 is 4.39 Å². The number of halogens is 1. The molecule has 0 N–H and O–H groups in total. The van der Waals surface area contributed by atoms with Crippen LogP contribution in [0.4, 0.5) is 4.39 Å². The van der Waals surface area contributed by atoms with Crippen molar-refractivity contribution in [3.05, 3.63) is 42.5 Å². The average molecular weight is 163 g/mol. The third-order valence-electron chi connectivity index (χ3n) is 1.48. The van der Waals surface area contributed by atoms with Gasteiger partial charge in [0.15, 0.2) is 0 Å². The van der Waals surface area contributed by atoms with Crippen molar-refractivity contribution in [3.63, 3.8) is 0 Å². The maximum Gasteiger partial charge on any atom is 0.123 e. The lowest BCUT2D eigenvalue weighted by molar-refractivity contribution is 0.626. The van der Waals surface area contributed by atoms with Gasteiger partial charge in [0.25, 0.3) is 0 Å². The van der Waals surface area contributed by atoms with E-state index < -0.39 is 0 Å². The van der Waals surface area contributed by atoms with Crippen molar-refractivity contribution in [2.45, 2.75) is 0 Å². The average Bonchev–Trinajstić information content (AvgIpc) is 2.58. The lowest BCUT2D eigenvalue weighted by atomic mass is 10.3. The van der Waals surface area contributed by atoms with Crippen LogP contribution >= 0.6 is 0 Å². The topological polar surface area (TPSA) is 30.7 Å². The van der Waals surface area contributed by atoms with E-state index in [1.165, 1.54) is 16.9 Å². The van der Waals surface area contributed by atoms with Crippen molar-refractivity contribution >= 4 is 0 Å². The predicted octanol–water partition coefficient (Wildman–Crippen LogP) is 1.41. The van der Waals surface area contributed by atoms with Crippen LogP contribution in [-0.4, -0.2) is 15.0 Å². The monoisotopic (exact) mass is 163 g/mol. The number of rotatable bonds is 1. The van der Waals surface area contributed by atoms with Crippen molar-refractivity contribution in [1.82, 2.24) is 15.0 Å². The minimum absolute atomic E-state index is 0.258. The first-order chi connectivity index (χ1) is 5.86. The molecule has 12 heavy (non-hydrogen) atoms. The van der Waals surface area contributed by atoms with Crippen LogP contribution in [0.3, 0.4) is 0 Å². The van der Waals surface area contributed by atoms with Crippen LogP contribution in [0.5, 0.6) is 0 Å². The molecule has 0 fully saturated rings. The smallest absolute Gasteiger partial charge is 0.123 e.